The highest BCUT2D eigenvalue weighted by molar-refractivity contribution is 7.89. The van der Waals surface area contributed by atoms with E-state index in [2.05, 4.69) is 0 Å². The molecule has 162 valence electrons. The maximum Gasteiger partial charge on any atom is 0.243 e. The standard InChI is InChI=1S/C22H27FN2O4S/c1-24(16-18-8-11-21(29-2)20(23)14-18)22(26)15-17-6-9-19(10-7-17)30(27,28)25-12-4-3-5-13-25/h6-11,14H,3-5,12-13,15-16H2,1-2H3. The Bertz CT molecular complexity index is 987. The van der Waals surface area contributed by atoms with Crippen molar-refractivity contribution in [3.8, 4) is 5.75 Å². The van der Waals surface area contributed by atoms with E-state index in [1.165, 1.54) is 28.4 Å². The van der Waals surface area contributed by atoms with Crippen LogP contribution in [0.15, 0.2) is 47.4 Å². The normalized spacial score (nSPS) is 15.0. The molecule has 1 aliphatic rings. The molecule has 0 unspecified atom stereocenters. The molecular formula is C22H27FN2O4S. The van der Waals surface area contributed by atoms with Crippen molar-refractivity contribution >= 4 is 15.9 Å². The van der Waals surface area contributed by atoms with E-state index in [1.807, 2.05) is 0 Å². The van der Waals surface area contributed by atoms with E-state index in [9.17, 15) is 17.6 Å². The lowest BCUT2D eigenvalue weighted by Gasteiger charge is -2.25. The summed E-state index contributed by atoms with van der Waals surface area (Å²) in [6.45, 7) is 1.37. The number of hydrogen-bond acceptors (Lipinski definition) is 4. The third-order valence-corrected chi connectivity index (χ3v) is 7.21. The van der Waals surface area contributed by atoms with Crippen molar-refractivity contribution < 1.29 is 22.3 Å². The largest absolute Gasteiger partial charge is 0.494 e. The van der Waals surface area contributed by atoms with Gasteiger partial charge in [-0.2, -0.15) is 4.31 Å². The summed E-state index contributed by atoms with van der Waals surface area (Å²) in [5, 5.41) is 0. The monoisotopic (exact) mass is 434 g/mol. The van der Waals surface area contributed by atoms with E-state index in [0.717, 1.165) is 24.8 Å². The molecule has 0 atom stereocenters. The van der Waals surface area contributed by atoms with Gasteiger partial charge in [0.25, 0.3) is 0 Å². The second-order valence-corrected chi connectivity index (χ2v) is 9.44. The second kappa shape index (κ2) is 9.57. The third kappa shape index (κ3) is 5.17. The molecule has 0 N–H and O–H groups in total. The van der Waals surface area contributed by atoms with E-state index in [-0.39, 0.29) is 29.5 Å². The highest BCUT2D eigenvalue weighted by Crippen LogP contribution is 2.22. The van der Waals surface area contributed by atoms with Crippen LogP contribution in [-0.2, 0) is 27.8 Å². The van der Waals surface area contributed by atoms with Crippen LogP contribution in [0.4, 0.5) is 4.39 Å². The Hall–Kier alpha value is -2.45. The van der Waals surface area contributed by atoms with Crippen molar-refractivity contribution in [2.45, 2.75) is 37.1 Å². The average Bonchev–Trinajstić information content (AvgIpc) is 2.75. The van der Waals surface area contributed by atoms with Gasteiger partial charge in [-0.05, 0) is 48.2 Å². The number of methoxy groups -OCH3 is 1. The number of sulfonamides is 1. The second-order valence-electron chi connectivity index (χ2n) is 7.50. The van der Waals surface area contributed by atoms with Crippen LogP contribution in [0.3, 0.4) is 0 Å². The van der Waals surface area contributed by atoms with Crippen LogP contribution >= 0.6 is 0 Å². The van der Waals surface area contributed by atoms with E-state index in [4.69, 9.17) is 4.74 Å². The number of amides is 1. The number of carbonyl (C=O) groups is 1. The molecule has 1 fully saturated rings. The fourth-order valence-corrected chi connectivity index (χ4v) is 5.03. The van der Waals surface area contributed by atoms with Crippen LogP contribution in [0.5, 0.6) is 5.75 Å². The summed E-state index contributed by atoms with van der Waals surface area (Å²) in [6, 6.07) is 11.1. The topological polar surface area (TPSA) is 66.9 Å². The number of hydrogen-bond donors (Lipinski definition) is 0. The quantitative estimate of drug-likeness (QED) is 0.671. The van der Waals surface area contributed by atoms with Crippen molar-refractivity contribution in [3.63, 3.8) is 0 Å². The summed E-state index contributed by atoms with van der Waals surface area (Å²) in [7, 11) is -0.430. The average molecular weight is 435 g/mol. The number of nitrogens with zero attached hydrogens (tertiary/aromatic N) is 2. The molecule has 2 aromatic rings. The van der Waals surface area contributed by atoms with Gasteiger partial charge in [0.2, 0.25) is 15.9 Å². The van der Waals surface area contributed by atoms with Gasteiger partial charge in [-0.25, -0.2) is 12.8 Å². The zero-order chi connectivity index (χ0) is 21.7. The fourth-order valence-electron chi connectivity index (χ4n) is 3.51. The van der Waals surface area contributed by atoms with Gasteiger partial charge in [0.1, 0.15) is 0 Å². The van der Waals surface area contributed by atoms with Gasteiger partial charge < -0.3 is 9.64 Å². The smallest absolute Gasteiger partial charge is 0.243 e. The number of ether oxygens (including phenoxy) is 1. The van der Waals surface area contributed by atoms with Crippen LogP contribution < -0.4 is 4.74 Å². The molecule has 0 aromatic heterocycles. The lowest BCUT2D eigenvalue weighted by molar-refractivity contribution is -0.129. The summed E-state index contributed by atoms with van der Waals surface area (Å²) in [5.74, 6) is -0.452. The van der Waals surface area contributed by atoms with Gasteiger partial charge in [-0.3, -0.25) is 4.79 Å². The van der Waals surface area contributed by atoms with Gasteiger partial charge in [0.05, 0.1) is 18.4 Å². The van der Waals surface area contributed by atoms with Gasteiger partial charge >= 0.3 is 0 Å². The van der Waals surface area contributed by atoms with Crippen LogP contribution in [0.1, 0.15) is 30.4 Å². The summed E-state index contributed by atoms with van der Waals surface area (Å²) in [5.41, 5.74) is 1.39. The Kier molecular flexibility index (Phi) is 7.10. The predicted molar refractivity (Wildman–Crippen MR) is 112 cm³/mol. The first-order valence-electron chi connectivity index (χ1n) is 9.97. The van der Waals surface area contributed by atoms with Crippen LogP contribution in [0.25, 0.3) is 0 Å². The van der Waals surface area contributed by atoms with E-state index >= 15 is 0 Å². The summed E-state index contributed by atoms with van der Waals surface area (Å²) >= 11 is 0. The molecule has 0 bridgehead atoms. The molecule has 6 nitrogen and oxygen atoms in total. The zero-order valence-corrected chi connectivity index (χ0v) is 18.1. The number of rotatable bonds is 7. The molecule has 3 rings (SSSR count). The minimum Gasteiger partial charge on any atom is -0.494 e. The summed E-state index contributed by atoms with van der Waals surface area (Å²) < 4.78 is 45.7. The number of likely N-dealkylation sites (N-methyl/N-ethyl adjacent to an activating group) is 1. The zero-order valence-electron chi connectivity index (χ0n) is 17.3. The number of piperidine rings is 1. The Morgan fingerprint density at radius 3 is 2.30 bits per heavy atom. The molecule has 1 aliphatic heterocycles. The van der Waals surface area contributed by atoms with E-state index in [0.29, 0.717) is 18.7 Å². The molecule has 0 aliphatic carbocycles. The number of carbonyl (C=O) groups excluding carboxylic acids is 1. The van der Waals surface area contributed by atoms with Gasteiger partial charge in [0, 0.05) is 26.7 Å². The Morgan fingerprint density at radius 2 is 1.70 bits per heavy atom. The molecule has 30 heavy (non-hydrogen) atoms. The first kappa shape index (κ1) is 22.2. The van der Waals surface area contributed by atoms with Crippen molar-refractivity contribution in [1.29, 1.82) is 0 Å². The molecule has 0 saturated carbocycles. The van der Waals surface area contributed by atoms with Gasteiger partial charge in [-0.15, -0.1) is 0 Å². The maximum atomic E-state index is 13.8. The Balaban J connectivity index is 1.61. The summed E-state index contributed by atoms with van der Waals surface area (Å²) in [4.78, 5) is 14.3. The molecule has 8 heteroatoms. The molecule has 0 radical (unpaired) electrons. The molecular weight excluding hydrogens is 407 g/mol. The van der Waals surface area contributed by atoms with Crippen LogP contribution in [-0.4, -0.2) is 50.8 Å². The lowest BCUT2D eigenvalue weighted by atomic mass is 10.1. The Labute approximate surface area is 177 Å². The minimum absolute atomic E-state index is 0.138. The highest BCUT2D eigenvalue weighted by atomic mass is 32.2. The van der Waals surface area contributed by atoms with Gasteiger partial charge in [0.15, 0.2) is 11.6 Å². The third-order valence-electron chi connectivity index (χ3n) is 5.29. The van der Waals surface area contributed by atoms with Crippen molar-refractivity contribution in [1.82, 2.24) is 9.21 Å². The minimum atomic E-state index is -3.48. The van der Waals surface area contributed by atoms with Crippen molar-refractivity contribution in [3.05, 3.63) is 59.4 Å². The summed E-state index contributed by atoms with van der Waals surface area (Å²) in [6.07, 6.45) is 2.97. The van der Waals surface area contributed by atoms with Crippen molar-refractivity contribution in [2.75, 3.05) is 27.2 Å². The highest BCUT2D eigenvalue weighted by Gasteiger charge is 2.25. The van der Waals surface area contributed by atoms with E-state index < -0.39 is 15.8 Å². The molecule has 1 heterocycles. The first-order valence-corrected chi connectivity index (χ1v) is 11.4. The SMILES string of the molecule is COc1ccc(CN(C)C(=O)Cc2ccc(S(=O)(=O)N3CCCCC3)cc2)cc1F. The predicted octanol–water partition coefficient (Wildman–Crippen LogP) is 3.21. The first-order chi connectivity index (χ1) is 14.3. The molecule has 1 saturated heterocycles. The lowest BCUT2D eigenvalue weighted by Crippen LogP contribution is -2.35. The molecule has 1 amide bonds. The van der Waals surface area contributed by atoms with E-state index in [1.54, 1.807) is 37.4 Å². The molecule has 0 spiro atoms. The van der Waals surface area contributed by atoms with Crippen molar-refractivity contribution in [2.24, 2.45) is 0 Å². The number of halogens is 1. The van der Waals surface area contributed by atoms with Gasteiger partial charge in [-0.1, -0.05) is 24.6 Å². The molecule has 2 aromatic carbocycles. The Morgan fingerprint density at radius 1 is 1.07 bits per heavy atom. The van der Waals surface area contributed by atoms with Crippen LogP contribution in [0.2, 0.25) is 0 Å². The fraction of sp³-hybridized carbons (Fsp3) is 0.409. The maximum absolute atomic E-state index is 13.8. The number of benzene rings is 2. The van der Waals surface area contributed by atoms with Crippen LogP contribution in [0, 0.1) is 5.82 Å².